The van der Waals surface area contributed by atoms with Crippen molar-refractivity contribution in [1.29, 1.82) is 0 Å². The largest absolute Gasteiger partial charge is 0.388 e. The molecule has 1 aromatic heterocycles. The van der Waals surface area contributed by atoms with Crippen LogP contribution in [0.3, 0.4) is 0 Å². The van der Waals surface area contributed by atoms with Crippen LogP contribution in [0.4, 0.5) is 0 Å². The third-order valence-electron chi connectivity index (χ3n) is 10.6. The third-order valence-corrected chi connectivity index (χ3v) is 11.2. The van der Waals surface area contributed by atoms with Gasteiger partial charge in [0.25, 0.3) is 0 Å². The zero-order valence-corrected chi connectivity index (χ0v) is 22.0. The van der Waals surface area contributed by atoms with Crippen LogP contribution in [0.15, 0.2) is 54.3 Å². The van der Waals surface area contributed by atoms with Crippen LogP contribution in [0, 0.1) is 11.3 Å². The molecule has 8 atom stereocenters. The van der Waals surface area contributed by atoms with Gasteiger partial charge in [0.2, 0.25) is 0 Å². The number of alkyl halides is 1. The molecule has 2 N–H and O–H groups in total. The van der Waals surface area contributed by atoms with E-state index in [0.29, 0.717) is 6.42 Å². The molecule has 3 fully saturated rings. The number of likely N-dealkylation sites (N-methyl/N-ethyl adjacent to an activating group) is 1. The Bertz CT molecular complexity index is 1320. The van der Waals surface area contributed by atoms with Gasteiger partial charge in [-0.1, -0.05) is 31.2 Å². The number of halogens is 1. The SMILES string of the molecule is CN(C)C1CC23CCC4(O2)C2CC=C(c5ccc6ncccc6c5)C2(C)CCC4(Cl)C=C3C(O)C1O. The normalized spacial score (nSPS) is 45.2. The number of aromatic nitrogens is 1. The third kappa shape index (κ3) is 2.79. The van der Waals surface area contributed by atoms with Gasteiger partial charge in [-0.25, -0.2) is 0 Å². The second-order valence-corrected chi connectivity index (χ2v) is 13.0. The number of aliphatic hydroxyl groups excluding tert-OH is 2. The molecule has 2 aliphatic heterocycles. The Morgan fingerprint density at radius 3 is 2.75 bits per heavy atom. The lowest BCUT2D eigenvalue weighted by Gasteiger charge is -2.61. The lowest BCUT2D eigenvalue weighted by Crippen LogP contribution is -2.68. The number of ether oxygens (including phenoxy) is 1. The van der Waals surface area contributed by atoms with Crippen LogP contribution in [0.2, 0.25) is 0 Å². The van der Waals surface area contributed by atoms with E-state index < -0.39 is 28.3 Å². The Morgan fingerprint density at radius 2 is 1.94 bits per heavy atom. The quantitative estimate of drug-likeness (QED) is 0.456. The summed E-state index contributed by atoms with van der Waals surface area (Å²) >= 11 is 7.55. The van der Waals surface area contributed by atoms with Crippen molar-refractivity contribution in [3.8, 4) is 0 Å². The summed E-state index contributed by atoms with van der Waals surface area (Å²) in [5.41, 5.74) is 3.41. The zero-order chi connectivity index (χ0) is 25.1. The van der Waals surface area contributed by atoms with Gasteiger partial charge < -0.3 is 19.8 Å². The molecule has 0 amide bonds. The van der Waals surface area contributed by atoms with Gasteiger partial charge in [0.05, 0.1) is 27.7 Å². The summed E-state index contributed by atoms with van der Waals surface area (Å²) in [6.45, 7) is 2.41. The van der Waals surface area contributed by atoms with E-state index in [1.165, 1.54) is 11.1 Å². The van der Waals surface area contributed by atoms with Gasteiger partial charge in [-0.15, -0.1) is 11.6 Å². The van der Waals surface area contributed by atoms with Gasteiger partial charge in [-0.05, 0) is 92.9 Å². The maximum Gasteiger partial charge on any atom is 0.105 e. The summed E-state index contributed by atoms with van der Waals surface area (Å²) in [6, 6.07) is 10.6. The smallest absolute Gasteiger partial charge is 0.105 e. The van der Waals surface area contributed by atoms with Crippen LogP contribution in [0.5, 0.6) is 0 Å². The summed E-state index contributed by atoms with van der Waals surface area (Å²) < 4.78 is 7.27. The van der Waals surface area contributed by atoms with Gasteiger partial charge in [-0.3, -0.25) is 4.98 Å². The van der Waals surface area contributed by atoms with Crippen LogP contribution in [-0.2, 0) is 4.74 Å². The Labute approximate surface area is 217 Å². The fraction of sp³-hybridized carbons (Fsp3) is 0.567. The molecule has 7 rings (SSSR count). The van der Waals surface area contributed by atoms with Crippen molar-refractivity contribution in [2.75, 3.05) is 14.1 Å². The number of allylic oxidation sites excluding steroid dienone is 2. The Balaban J connectivity index is 1.30. The van der Waals surface area contributed by atoms with Crippen LogP contribution in [-0.4, -0.2) is 68.5 Å². The van der Waals surface area contributed by atoms with Gasteiger partial charge in [0.15, 0.2) is 0 Å². The second-order valence-electron chi connectivity index (χ2n) is 12.4. The van der Waals surface area contributed by atoms with E-state index in [1.807, 2.05) is 31.3 Å². The van der Waals surface area contributed by atoms with Crippen LogP contribution < -0.4 is 0 Å². The summed E-state index contributed by atoms with van der Waals surface area (Å²) in [5, 5.41) is 23.3. The van der Waals surface area contributed by atoms with E-state index >= 15 is 0 Å². The van der Waals surface area contributed by atoms with Crippen molar-refractivity contribution in [1.82, 2.24) is 9.88 Å². The molecular weight excluding hydrogens is 472 g/mol. The standard InChI is InChI=1S/C30H35ClN2O3/c1-27-10-12-29(31)16-21-25(34)26(35)23(33(2)3)17-28(21)11-13-30(29,36-28)24(27)9-7-20(27)18-6-8-22-19(15-18)5-4-14-32-22/h4-8,14-16,23-26,34-35H,9-13,17H2,1-3H3. The first-order chi connectivity index (χ1) is 17.1. The number of pyridine rings is 1. The molecule has 2 saturated carbocycles. The highest BCUT2D eigenvalue weighted by atomic mass is 35.5. The van der Waals surface area contributed by atoms with Crippen LogP contribution >= 0.6 is 11.6 Å². The first-order valence-corrected chi connectivity index (χ1v) is 13.7. The predicted molar refractivity (Wildman–Crippen MR) is 142 cm³/mol. The molecule has 2 spiro atoms. The molecular formula is C30H35ClN2O3. The minimum atomic E-state index is -0.949. The summed E-state index contributed by atoms with van der Waals surface area (Å²) in [6.07, 6.45) is 9.68. The number of hydrogen-bond acceptors (Lipinski definition) is 5. The Hall–Kier alpha value is -1.76. The molecule has 190 valence electrons. The van der Waals surface area contributed by atoms with Gasteiger partial charge >= 0.3 is 0 Å². The first-order valence-electron chi connectivity index (χ1n) is 13.3. The minimum Gasteiger partial charge on any atom is -0.388 e. The molecule has 1 aromatic carbocycles. The number of nitrogens with zero attached hydrogens (tertiary/aromatic N) is 2. The summed E-state index contributed by atoms with van der Waals surface area (Å²) in [7, 11) is 3.94. The molecule has 3 heterocycles. The monoisotopic (exact) mass is 506 g/mol. The van der Waals surface area contributed by atoms with Gasteiger partial charge in [0.1, 0.15) is 6.10 Å². The minimum absolute atomic E-state index is 0.0428. The number of rotatable bonds is 2. The molecule has 3 aliphatic carbocycles. The van der Waals surface area contributed by atoms with E-state index in [9.17, 15) is 10.2 Å². The fourth-order valence-electron chi connectivity index (χ4n) is 8.67. The van der Waals surface area contributed by atoms with Crippen molar-refractivity contribution in [3.63, 3.8) is 0 Å². The predicted octanol–water partition coefficient (Wildman–Crippen LogP) is 4.70. The molecule has 1 saturated heterocycles. The van der Waals surface area contributed by atoms with E-state index in [4.69, 9.17) is 16.3 Å². The maximum atomic E-state index is 11.2. The maximum absolute atomic E-state index is 11.2. The van der Waals surface area contributed by atoms with Crippen molar-refractivity contribution in [2.45, 2.75) is 79.8 Å². The Morgan fingerprint density at radius 1 is 1.11 bits per heavy atom. The average molecular weight is 507 g/mol. The summed E-state index contributed by atoms with van der Waals surface area (Å²) in [5.74, 6) is 0.259. The summed E-state index contributed by atoms with van der Waals surface area (Å²) in [4.78, 5) is 5.85. The number of fused-ring (bicyclic) bond motifs is 2. The zero-order valence-electron chi connectivity index (χ0n) is 21.2. The highest BCUT2D eigenvalue weighted by molar-refractivity contribution is 6.26. The van der Waals surface area contributed by atoms with Gasteiger partial charge in [-0.2, -0.15) is 0 Å². The molecule has 5 aliphatic rings. The van der Waals surface area contributed by atoms with E-state index in [2.05, 4.69) is 48.3 Å². The molecule has 6 heteroatoms. The highest BCUT2D eigenvalue weighted by Crippen LogP contribution is 2.71. The fourth-order valence-corrected chi connectivity index (χ4v) is 9.15. The lowest BCUT2D eigenvalue weighted by molar-refractivity contribution is -0.199. The second kappa shape index (κ2) is 7.42. The molecule has 5 nitrogen and oxygen atoms in total. The van der Waals surface area contributed by atoms with E-state index in [1.54, 1.807) is 0 Å². The first kappa shape index (κ1) is 23.4. The van der Waals surface area contributed by atoms with Crippen molar-refractivity contribution >= 4 is 28.1 Å². The molecule has 2 bridgehead atoms. The highest BCUT2D eigenvalue weighted by Gasteiger charge is 2.73. The topological polar surface area (TPSA) is 65.8 Å². The molecule has 8 unspecified atom stereocenters. The van der Waals surface area contributed by atoms with Crippen molar-refractivity contribution in [2.24, 2.45) is 11.3 Å². The Kier molecular flexibility index (Phi) is 4.82. The number of benzene rings is 1. The molecule has 36 heavy (non-hydrogen) atoms. The molecule has 2 aromatic rings. The number of aliphatic hydroxyl groups is 2. The lowest BCUT2D eigenvalue weighted by atomic mass is 9.54. The van der Waals surface area contributed by atoms with Crippen molar-refractivity contribution < 1.29 is 14.9 Å². The molecule has 0 radical (unpaired) electrons. The van der Waals surface area contributed by atoms with Gasteiger partial charge in [0, 0.05) is 23.5 Å². The number of hydrogen-bond donors (Lipinski definition) is 2. The van der Waals surface area contributed by atoms with Crippen LogP contribution in [0.1, 0.15) is 51.0 Å². The van der Waals surface area contributed by atoms with Crippen LogP contribution in [0.25, 0.3) is 16.5 Å². The average Bonchev–Trinajstić information content (AvgIpc) is 3.39. The van der Waals surface area contributed by atoms with E-state index in [-0.39, 0.29) is 17.4 Å². The van der Waals surface area contributed by atoms with Crippen molar-refractivity contribution in [3.05, 3.63) is 59.8 Å². The van der Waals surface area contributed by atoms with E-state index in [0.717, 1.165) is 48.6 Å².